The first-order valence-corrected chi connectivity index (χ1v) is 8.02. The zero-order valence-corrected chi connectivity index (χ0v) is 14.7. The maximum atomic E-state index is 12.1. The maximum absolute atomic E-state index is 12.1. The fourth-order valence-electron chi connectivity index (χ4n) is 1.96. The molecule has 2 rings (SSSR count). The van der Waals surface area contributed by atoms with Crippen LogP contribution in [0.2, 0.25) is 0 Å². The lowest BCUT2D eigenvalue weighted by Gasteiger charge is -2.14. The average Bonchev–Trinajstić information content (AvgIpc) is 2.99. The van der Waals surface area contributed by atoms with Gasteiger partial charge in [0.2, 0.25) is 16.8 Å². The van der Waals surface area contributed by atoms with Crippen LogP contribution in [-0.2, 0) is 11.8 Å². The summed E-state index contributed by atoms with van der Waals surface area (Å²) < 4.78 is 17.3. The van der Waals surface area contributed by atoms with Gasteiger partial charge in [0, 0.05) is 37.0 Å². The van der Waals surface area contributed by atoms with Gasteiger partial charge in [0.05, 0.1) is 21.3 Å². The van der Waals surface area contributed by atoms with Gasteiger partial charge in [-0.25, -0.2) is 4.68 Å². The highest BCUT2D eigenvalue weighted by Crippen LogP contribution is 2.39. The van der Waals surface area contributed by atoms with Crippen LogP contribution < -0.4 is 19.5 Å². The number of thioether (sulfide) groups is 1. The molecule has 0 saturated carbocycles. The predicted molar refractivity (Wildman–Crippen MR) is 88.9 cm³/mol. The van der Waals surface area contributed by atoms with Crippen LogP contribution >= 0.6 is 11.8 Å². The lowest BCUT2D eigenvalue weighted by molar-refractivity contribution is -0.115. The number of nitrogens with zero attached hydrogens (tertiary/aromatic N) is 4. The quantitative estimate of drug-likeness (QED) is 0.710. The van der Waals surface area contributed by atoms with E-state index in [1.807, 2.05) is 0 Å². The van der Waals surface area contributed by atoms with Crippen LogP contribution in [0.3, 0.4) is 0 Å². The Kier molecular flexibility index (Phi) is 6.24. The van der Waals surface area contributed by atoms with Crippen LogP contribution in [0.15, 0.2) is 17.3 Å². The molecule has 1 amide bonds. The standard InChI is InChI=1S/C14H19N5O4S/c1-19-14(16-17-18-19)24-6-5-12(20)15-9-7-10(21-2)13(23-4)11(8-9)22-3/h7-8H,5-6H2,1-4H3,(H,15,20). The zero-order chi connectivity index (χ0) is 17.5. The highest BCUT2D eigenvalue weighted by molar-refractivity contribution is 7.99. The molecule has 1 aromatic carbocycles. The molecule has 0 atom stereocenters. The van der Waals surface area contributed by atoms with E-state index in [4.69, 9.17) is 14.2 Å². The van der Waals surface area contributed by atoms with Gasteiger partial charge < -0.3 is 19.5 Å². The molecule has 10 heteroatoms. The van der Waals surface area contributed by atoms with Crippen molar-refractivity contribution in [3.05, 3.63) is 12.1 Å². The van der Waals surface area contributed by atoms with Crippen LogP contribution in [0, 0.1) is 0 Å². The van der Waals surface area contributed by atoms with E-state index in [0.717, 1.165) is 0 Å². The Balaban J connectivity index is 1.97. The molecule has 0 aliphatic carbocycles. The van der Waals surface area contributed by atoms with Crippen molar-refractivity contribution >= 4 is 23.4 Å². The number of amides is 1. The van der Waals surface area contributed by atoms with E-state index in [1.54, 1.807) is 23.9 Å². The summed E-state index contributed by atoms with van der Waals surface area (Å²) in [4.78, 5) is 12.1. The third kappa shape index (κ3) is 4.28. The molecule has 0 saturated heterocycles. The topological polar surface area (TPSA) is 100 Å². The summed E-state index contributed by atoms with van der Waals surface area (Å²) in [5.74, 6) is 1.86. The largest absolute Gasteiger partial charge is 0.493 e. The molecule has 1 heterocycles. The van der Waals surface area contributed by atoms with Gasteiger partial charge in [0.1, 0.15) is 0 Å². The van der Waals surface area contributed by atoms with Crippen LogP contribution in [0.25, 0.3) is 0 Å². The number of hydrogen-bond acceptors (Lipinski definition) is 8. The number of nitrogens with one attached hydrogen (secondary N) is 1. The van der Waals surface area contributed by atoms with Gasteiger partial charge in [0.25, 0.3) is 0 Å². The summed E-state index contributed by atoms with van der Waals surface area (Å²) in [6, 6.07) is 3.36. The van der Waals surface area contributed by atoms with E-state index < -0.39 is 0 Å². The van der Waals surface area contributed by atoms with Crippen molar-refractivity contribution in [1.29, 1.82) is 0 Å². The van der Waals surface area contributed by atoms with Crippen molar-refractivity contribution in [2.45, 2.75) is 11.6 Å². The number of aromatic nitrogens is 4. The fraction of sp³-hybridized carbons (Fsp3) is 0.429. The fourth-order valence-corrected chi connectivity index (χ4v) is 2.74. The van der Waals surface area contributed by atoms with Crippen molar-refractivity contribution in [3.8, 4) is 17.2 Å². The molecule has 2 aromatic rings. The van der Waals surface area contributed by atoms with E-state index in [9.17, 15) is 4.79 Å². The summed E-state index contributed by atoms with van der Waals surface area (Å²) in [7, 11) is 6.32. The summed E-state index contributed by atoms with van der Waals surface area (Å²) in [5, 5.41) is 14.6. The Morgan fingerprint density at radius 1 is 1.21 bits per heavy atom. The highest BCUT2D eigenvalue weighted by Gasteiger charge is 2.14. The Hall–Kier alpha value is -2.49. The molecule has 0 unspecified atom stereocenters. The van der Waals surface area contributed by atoms with Gasteiger partial charge in [-0.2, -0.15) is 0 Å². The minimum absolute atomic E-state index is 0.132. The zero-order valence-electron chi connectivity index (χ0n) is 13.9. The highest BCUT2D eigenvalue weighted by atomic mass is 32.2. The number of carbonyl (C=O) groups excluding carboxylic acids is 1. The summed E-state index contributed by atoms with van der Waals surface area (Å²) >= 11 is 1.41. The van der Waals surface area contributed by atoms with Crippen molar-refractivity contribution in [2.75, 3.05) is 32.4 Å². The van der Waals surface area contributed by atoms with Crippen LogP contribution in [0.5, 0.6) is 17.2 Å². The van der Waals surface area contributed by atoms with Gasteiger partial charge >= 0.3 is 0 Å². The Morgan fingerprint density at radius 3 is 2.38 bits per heavy atom. The third-order valence-electron chi connectivity index (χ3n) is 3.09. The second kappa shape index (κ2) is 8.39. The first kappa shape index (κ1) is 17.9. The molecule has 0 aliphatic heterocycles. The third-order valence-corrected chi connectivity index (χ3v) is 4.10. The monoisotopic (exact) mass is 353 g/mol. The van der Waals surface area contributed by atoms with E-state index >= 15 is 0 Å². The first-order valence-electron chi connectivity index (χ1n) is 7.04. The molecule has 0 bridgehead atoms. The summed E-state index contributed by atoms with van der Waals surface area (Å²) in [6.45, 7) is 0. The average molecular weight is 353 g/mol. The van der Waals surface area contributed by atoms with Crippen molar-refractivity contribution in [2.24, 2.45) is 7.05 Å². The molecule has 1 N–H and O–H groups in total. The van der Waals surface area contributed by atoms with Crippen molar-refractivity contribution < 1.29 is 19.0 Å². The Labute approximate surface area is 143 Å². The lowest BCUT2D eigenvalue weighted by atomic mass is 10.2. The van der Waals surface area contributed by atoms with E-state index in [-0.39, 0.29) is 5.91 Å². The SMILES string of the molecule is COc1cc(NC(=O)CCSc2nnnn2C)cc(OC)c1OC. The predicted octanol–water partition coefficient (Wildman–Crippen LogP) is 1.36. The first-order chi connectivity index (χ1) is 11.6. The maximum Gasteiger partial charge on any atom is 0.225 e. The molecule has 0 radical (unpaired) electrons. The number of anilines is 1. The molecule has 0 spiro atoms. The Morgan fingerprint density at radius 2 is 1.88 bits per heavy atom. The number of rotatable bonds is 8. The number of methoxy groups -OCH3 is 3. The normalized spacial score (nSPS) is 10.3. The van der Waals surface area contributed by atoms with E-state index in [1.165, 1.54) is 33.1 Å². The van der Waals surface area contributed by atoms with Gasteiger partial charge in [0.15, 0.2) is 11.5 Å². The number of carbonyl (C=O) groups is 1. The second-order valence-corrected chi connectivity index (χ2v) is 5.71. The van der Waals surface area contributed by atoms with Crippen molar-refractivity contribution in [1.82, 2.24) is 20.2 Å². The summed E-state index contributed by atoms with van der Waals surface area (Å²) in [5.41, 5.74) is 0.569. The number of benzene rings is 1. The number of tetrazole rings is 1. The van der Waals surface area contributed by atoms with Crippen LogP contribution in [0.1, 0.15) is 6.42 Å². The number of aryl methyl sites for hydroxylation is 1. The molecule has 9 nitrogen and oxygen atoms in total. The molecule has 0 fully saturated rings. The van der Waals surface area contributed by atoms with E-state index in [2.05, 4.69) is 20.8 Å². The summed E-state index contributed by atoms with van der Waals surface area (Å²) in [6.07, 6.45) is 0.314. The van der Waals surface area contributed by atoms with E-state index in [0.29, 0.717) is 40.3 Å². The second-order valence-electron chi connectivity index (χ2n) is 4.65. The molecule has 1 aromatic heterocycles. The molecule has 0 aliphatic rings. The van der Waals surface area contributed by atoms with Gasteiger partial charge in [-0.05, 0) is 10.4 Å². The lowest BCUT2D eigenvalue weighted by Crippen LogP contribution is -2.12. The smallest absolute Gasteiger partial charge is 0.225 e. The molecular formula is C14H19N5O4S. The number of ether oxygens (including phenoxy) is 3. The molecule has 130 valence electrons. The van der Waals surface area contributed by atoms with Gasteiger partial charge in [-0.3, -0.25) is 4.79 Å². The Bertz CT molecular complexity index is 681. The van der Waals surface area contributed by atoms with Crippen LogP contribution in [-0.4, -0.2) is 53.2 Å². The van der Waals surface area contributed by atoms with Gasteiger partial charge in [-0.15, -0.1) is 5.10 Å². The minimum Gasteiger partial charge on any atom is -0.493 e. The van der Waals surface area contributed by atoms with Crippen LogP contribution in [0.4, 0.5) is 5.69 Å². The molecular weight excluding hydrogens is 334 g/mol. The number of hydrogen-bond donors (Lipinski definition) is 1. The minimum atomic E-state index is -0.132. The molecule has 24 heavy (non-hydrogen) atoms. The van der Waals surface area contributed by atoms with Crippen molar-refractivity contribution in [3.63, 3.8) is 0 Å². The van der Waals surface area contributed by atoms with Gasteiger partial charge in [-0.1, -0.05) is 11.8 Å².